The molecule has 2 saturated carbocycles. The second-order valence-electron chi connectivity index (χ2n) is 8.51. The van der Waals surface area contributed by atoms with Crippen LogP contribution in [0.15, 0.2) is 28.7 Å². The standard InChI is InChI=1S/C22H30N2OS/c1-2-4-6-19(5-3-1)25-20-9-7-17(8-10-20)22-13-11-18(12-14-22)24-15-16-26-23-21(22)24/h7-10,18-19H,1-6,11-16H2. The van der Waals surface area contributed by atoms with E-state index in [9.17, 15) is 0 Å². The molecule has 0 N–H and O–H groups in total. The van der Waals surface area contributed by atoms with E-state index < -0.39 is 0 Å². The molecule has 4 heteroatoms. The molecule has 0 radical (unpaired) electrons. The SMILES string of the molecule is c1cc(C23CCC(CC2)N2CCSN=C23)ccc1OC1CCCCCC1. The van der Waals surface area contributed by atoms with Crippen LogP contribution in [0.25, 0.3) is 0 Å². The molecule has 2 aliphatic carbocycles. The van der Waals surface area contributed by atoms with Crippen LogP contribution in [0.5, 0.6) is 5.75 Å². The van der Waals surface area contributed by atoms with E-state index in [4.69, 9.17) is 9.13 Å². The van der Waals surface area contributed by atoms with Gasteiger partial charge in [-0.15, -0.1) is 0 Å². The number of amidine groups is 1. The Balaban J connectivity index is 1.37. The molecule has 3 nitrogen and oxygen atoms in total. The molecule has 3 heterocycles. The molecule has 3 aliphatic heterocycles. The number of fused-ring (bicyclic) bond motifs is 2. The minimum atomic E-state index is 0.156. The van der Waals surface area contributed by atoms with Crippen molar-refractivity contribution in [1.29, 1.82) is 0 Å². The minimum Gasteiger partial charge on any atom is -0.490 e. The quantitative estimate of drug-likeness (QED) is 0.530. The van der Waals surface area contributed by atoms with E-state index in [-0.39, 0.29) is 5.41 Å². The highest BCUT2D eigenvalue weighted by molar-refractivity contribution is 7.98. The molecule has 0 spiro atoms. The van der Waals surface area contributed by atoms with Gasteiger partial charge in [0.05, 0.1) is 11.5 Å². The molecular weight excluding hydrogens is 340 g/mol. The van der Waals surface area contributed by atoms with Gasteiger partial charge < -0.3 is 9.64 Å². The highest BCUT2D eigenvalue weighted by Gasteiger charge is 2.51. The molecule has 0 unspecified atom stereocenters. The summed E-state index contributed by atoms with van der Waals surface area (Å²) in [7, 11) is 0. The number of rotatable bonds is 3. The van der Waals surface area contributed by atoms with E-state index in [0.717, 1.165) is 17.5 Å². The summed E-state index contributed by atoms with van der Waals surface area (Å²) in [5.74, 6) is 3.57. The van der Waals surface area contributed by atoms with E-state index in [1.54, 1.807) is 11.9 Å². The van der Waals surface area contributed by atoms with Crippen molar-refractivity contribution < 1.29 is 4.74 Å². The van der Waals surface area contributed by atoms with Crippen LogP contribution >= 0.6 is 11.9 Å². The first-order valence-corrected chi connectivity index (χ1v) is 11.5. The van der Waals surface area contributed by atoms with E-state index >= 15 is 0 Å². The summed E-state index contributed by atoms with van der Waals surface area (Å²) in [4.78, 5) is 2.62. The lowest BCUT2D eigenvalue weighted by molar-refractivity contribution is 0.152. The lowest BCUT2D eigenvalue weighted by Gasteiger charge is -2.55. The van der Waals surface area contributed by atoms with E-state index in [2.05, 4.69) is 29.2 Å². The van der Waals surface area contributed by atoms with Gasteiger partial charge in [0.15, 0.2) is 0 Å². The number of nitrogens with zero attached hydrogens (tertiary/aromatic N) is 2. The Labute approximate surface area is 161 Å². The normalized spacial score (nSPS) is 31.9. The molecule has 1 aromatic carbocycles. The number of piperidine rings is 2. The Kier molecular flexibility index (Phi) is 4.64. The van der Waals surface area contributed by atoms with Crippen molar-refractivity contribution in [3.05, 3.63) is 29.8 Å². The van der Waals surface area contributed by atoms with Crippen LogP contribution in [0.4, 0.5) is 0 Å². The van der Waals surface area contributed by atoms with Crippen LogP contribution in [0.1, 0.15) is 69.8 Å². The fraction of sp³-hybridized carbons (Fsp3) is 0.682. The fourth-order valence-corrected chi connectivity index (χ4v) is 6.35. The second-order valence-corrected chi connectivity index (χ2v) is 9.36. The van der Waals surface area contributed by atoms with Gasteiger partial charge in [-0.1, -0.05) is 25.0 Å². The zero-order chi connectivity index (χ0) is 17.4. The Hall–Kier alpha value is -1.16. The van der Waals surface area contributed by atoms with Crippen molar-refractivity contribution in [2.75, 3.05) is 12.3 Å². The predicted octanol–water partition coefficient (Wildman–Crippen LogP) is 5.34. The number of benzene rings is 1. The van der Waals surface area contributed by atoms with Gasteiger partial charge in [-0.2, -0.15) is 0 Å². The number of hydrogen-bond acceptors (Lipinski definition) is 4. The van der Waals surface area contributed by atoms with Crippen LogP contribution in [-0.4, -0.2) is 35.2 Å². The average molecular weight is 371 g/mol. The average Bonchev–Trinajstić information content (AvgIpc) is 2.98. The molecular formula is C22H30N2OS. The Morgan fingerprint density at radius 2 is 1.69 bits per heavy atom. The van der Waals surface area contributed by atoms with Crippen molar-refractivity contribution >= 4 is 17.8 Å². The van der Waals surface area contributed by atoms with Crippen LogP contribution in [0.2, 0.25) is 0 Å². The van der Waals surface area contributed by atoms with Crippen LogP contribution < -0.4 is 4.74 Å². The monoisotopic (exact) mass is 370 g/mol. The summed E-state index contributed by atoms with van der Waals surface area (Å²) >= 11 is 1.76. The largest absolute Gasteiger partial charge is 0.490 e. The molecule has 0 amide bonds. The van der Waals surface area contributed by atoms with Gasteiger partial charge in [0.2, 0.25) is 0 Å². The fourth-order valence-electron chi connectivity index (χ4n) is 5.58. The molecule has 6 rings (SSSR count). The Bertz CT molecular complexity index is 655. The maximum atomic E-state index is 6.32. The summed E-state index contributed by atoms with van der Waals surface area (Å²) in [6.45, 7) is 1.18. The summed E-state index contributed by atoms with van der Waals surface area (Å²) in [5, 5.41) is 0. The molecule has 2 saturated heterocycles. The molecule has 2 bridgehead atoms. The minimum absolute atomic E-state index is 0.156. The highest BCUT2D eigenvalue weighted by atomic mass is 32.2. The van der Waals surface area contributed by atoms with Crippen molar-refractivity contribution in [2.24, 2.45) is 4.40 Å². The lowest BCUT2D eigenvalue weighted by atomic mass is 9.63. The smallest absolute Gasteiger partial charge is 0.123 e. The third kappa shape index (κ3) is 2.94. The Morgan fingerprint density at radius 3 is 2.42 bits per heavy atom. The summed E-state index contributed by atoms with van der Waals surface area (Å²) in [6, 6.07) is 9.84. The molecule has 140 valence electrons. The molecule has 26 heavy (non-hydrogen) atoms. The Morgan fingerprint density at radius 1 is 0.962 bits per heavy atom. The predicted molar refractivity (Wildman–Crippen MR) is 109 cm³/mol. The molecule has 4 fully saturated rings. The third-order valence-electron chi connectivity index (χ3n) is 7.04. The topological polar surface area (TPSA) is 24.8 Å². The van der Waals surface area contributed by atoms with E-state index in [1.165, 1.54) is 82.2 Å². The second kappa shape index (κ2) is 7.10. The first-order chi connectivity index (χ1) is 12.9. The zero-order valence-corrected chi connectivity index (χ0v) is 16.5. The summed E-state index contributed by atoms with van der Waals surface area (Å²) in [6.07, 6.45) is 13.4. The highest BCUT2D eigenvalue weighted by Crippen LogP contribution is 2.49. The van der Waals surface area contributed by atoms with Gasteiger partial charge in [-0.05, 0) is 81.0 Å². The maximum Gasteiger partial charge on any atom is 0.123 e. The van der Waals surface area contributed by atoms with Gasteiger partial charge in [0.1, 0.15) is 11.6 Å². The van der Waals surface area contributed by atoms with E-state index in [1.807, 2.05) is 0 Å². The van der Waals surface area contributed by atoms with Crippen LogP contribution in [0, 0.1) is 0 Å². The van der Waals surface area contributed by atoms with Crippen molar-refractivity contribution in [1.82, 2.24) is 4.90 Å². The summed E-state index contributed by atoms with van der Waals surface area (Å²) in [5.41, 5.74) is 1.61. The summed E-state index contributed by atoms with van der Waals surface area (Å²) < 4.78 is 11.3. The van der Waals surface area contributed by atoms with Crippen LogP contribution in [-0.2, 0) is 5.41 Å². The molecule has 1 aromatic rings. The van der Waals surface area contributed by atoms with Crippen molar-refractivity contribution in [3.8, 4) is 5.75 Å². The van der Waals surface area contributed by atoms with Gasteiger partial charge >= 0.3 is 0 Å². The first-order valence-electron chi connectivity index (χ1n) is 10.6. The molecule has 5 aliphatic rings. The zero-order valence-electron chi connectivity index (χ0n) is 15.7. The van der Waals surface area contributed by atoms with Gasteiger partial charge in [-0.25, -0.2) is 4.40 Å². The maximum absolute atomic E-state index is 6.32. The number of ether oxygens (including phenoxy) is 1. The third-order valence-corrected chi connectivity index (χ3v) is 7.70. The van der Waals surface area contributed by atoms with Crippen molar-refractivity contribution in [3.63, 3.8) is 0 Å². The van der Waals surface area contributed by atoms with Gasteiger partial charge in [0, 0.05) is 18.3 Å². The van der Waals surface area contributed by atoms with Gasteiger partial charge in [0.25, 0.3) is 0 Å². The number of hydrogen-bond donors (Lipinski definition) is 0. The van der Waals surface area contributed by atoms with Crippen molar-refractivity contribution in [2.45, 2.75) is 81.8 Å². The molecule has 0 aromatic heterocycles. The molecule has 0 atom stereocenters. The van der Waals surface area contributed by atoms with E-state index in [0.29, 0.717) is 6.10 Å². The van der Waals surface area contributed by atoms with Crippen LogP contribution in [0.3, 0.4) is 0 Å². The van der Waals surface area contributed by atoms with Gasteiger partial charge in [-0.3, -0.25) is 0 Å². The lowest BCUT2D eigenvalue weighted by Crippen LogP contribution is -2.61. The first kappa shape index (κ1) is 17.0.